The van der Waals surface area contributed by atoms with Crippen LogP contribution in [0.3, 0.4) is 0 Å². The van der Waals surface area contributed by atoms with Gasteiger partial charge in [0.2, 0.25) is 0 Å². The topological polar surface area (TPSA) is 43.8 Å². The van der Waals surface area contributed by atoms with Crippen molar-refractivity contribution in [2.75, 3.05) is 0 Å². The summed E-state index contributed by atoms with van der Waals surface area (Å²) >= 11 is 0. The largest absolute Gasteiger partial charge is 0.328 e. The van der Waals surface area contributed by atoms with Crippen LogP contribution in [0.4, 0.5) is 4.39 Å². The van der Waals surface area contributed by atoms with E-state index < -0.39 is 5.67 Å². The van der Waals surface area contributed by atoms with Crippen molar-refractivity contribution in [1.82, 2.24) is 9.78 Å². The maximum atomic E-state index is 14.5. The summed E-state index contributed by atoms with van der Waals surface area (Å²) in [6.07, 6.45) is 7.15. The number of aryl methyl sites for hydroxylation is 1. The fourth-order valence-electron chi connectivity index (χ4n) is 2.55. The van der Waals surface area contributed by atoms with E-state index in [1.54, 1.807) is 6.20 Å². The Labute approximate surface area is 95.8 Å². The minimum atomic E-state index is -1.11. The van der Waals surface area contributed by atoms with Crippen LogP contribution in [0.2, 0.25) is 0 Å². The molecule has 0 bridgehead atoms. The zero-order chi connectivity index (χ0) is 11.6. The molecule has 1 fully saturated rings. The molecule has 2 atom stereocenters. The highest BCUT2D eigenvalue weighted by atomic mass is 19.1. The molecule has 1 saturated carbocycles. The van der Waals surface area contributed by atoms with Gasteiger partial charge in [-0.25, -0.2) is 4.39 Å². The van der Waals surface area contributed by atoms with Crippen molar-refractivity contribution in [3.63, 3.8) is 0 Å². The van der Waals surface area contributed by atoms with Gasteiger partial charge in [0.15, 0.2) is 0 Å². The third kappa shape index (κ3) is 2.61. The highest BCUT2D eigenvalue weighted by Gasteiger charge is 2.35. The maximum absolute atomic E-state index is 14.5. The fourth-order valence-corrected chi connectivity index (χ4v) is 2.55. The van der Waals surface area contributed by atoms with Gasteiger partial charge in [0.05, 0.1) is 6.20 Å². The molecule has 0 aromatic carbocycles. The first kappa shape index (κ1) is 11.6. The van der Waals surface area contributed by atoms with Gasteiger partial charge in [0.25, 0.3) is 0 Å². The summed E-state index contributed by atoms with van der Waals surface area (Å²) in [7, 11) is 0. The summed E-state index contributed by atoms with van der Waals surface area (Å²) in [5, 5.41) is 4.17. The Hall–Kier alpha value is -0.900. The standard InChI is InChI=1S/C12H20FN3/c1-2-16-9-10(8-15-16)6-12(13)5-3-4-11(14)7-12/h8-9,11H,2-7,14H2,1H3. The second-order valence-corrected chi connectivity index (χ2v) is 4.89. The molecule has 0 amide bonds. The summed E-state index contributed by atoms with van der Waals surface area (Å²) < 4.78 is 16.3. The lowest BCUT2D eigenvalue weighted by Gasteiger charge is -2.32. The third-order valence-corrected chi connectivity index (χ3v) is 3.36. The van der Waals surface area contributed by atoms with Gasteiger partial charge >= 0.3 is 0 Å². The predicted molar refractivity (Wildman–Crippen MR) is 61.9 cm³/mol. The molecule has 2 N–H and O–H groups in total. The molecule has 4 heteroatoms. The van der Waals surface area contributed by atoms with Gasteiger partial charge < -0.3 is 5.73 Å². The predicted octanol–water partition coefficient (Wildman–Crippen LogP) is 2.06. The Kier molecular flexibility index (Phi) is 3.28. The van der Waals surface area contributed by atoms with E-state index in [1.165, 1.54) is 0 Å². The maximum Gasteiger partial charge on any atom is 0.116 e. The van der Waals surface area contributed by atoms with Crippen molar-refractivity contribution >= 4 is 0 Å². The van der Waals surface area contributed by atoms with Crippen molar-refractivity contribution in [3.8, 4) is 0 Å². The summed E-state index contributed by atoms with van der Waals surface area (Å²) in [4.78, 5) is 0. The van der Waals surface area contributed by atoms with E-state index in [2.05, 4.69) is 5.10 Å². The SMILES string of the molecule is CCn1cc(CC2(F)CCCC(N)C2)cn1. The molecule has 1 aliphatic carbocycles. The lowest BCUT2D eigenvalue weighted by atomic mass is 9.80. The van der Waals surface area contributed by atoms with E-state index in [0.29, 0.717) is 19.3 Å². The first-order chi connectivity index (χ1) is 7.61. The minimum absolute atomic E-state index is 0.0278. The Morgan fingerprint density at radius 2 is 2.50 bits per heavy atom. The molecule has 1 aromatic heterocycles. The first-order valence-corrected chi connectivity index (χ1v) is 6.07. The third-order valence-electron chi connectivity index (χ3n) is 3.36. The molecule has 3 nitrogen and oxygen atoms in total. The van der Waals surface area contributed by atoms with Crippen LogP contribution in [-0.4, -0.2) is 21.5 Å². The van der Waals surface area contributed by atoms with Gasteiger partial charge in [-0.3, -0.25) is 4.68 Å². The van der Waals surface area contributed by atoms with E-state index in [9.17, 15) is 4.39 Å². The lowest BCUT2D eigenvalue weighted by Crippen LogP contribution is -2.39. The summed E-state index contributed by atoms with van der Waals surface area (Å²) in [5.41, 5.74) is 5.71. The molecule has 0 spiro atoms. The van der Waals surface area contributed by atoms with E-state index in [-0.39, 0.29) is 6.04 Å². The molecule has 2 unspecified atom stereocenters. The van der Waals surface area contributed by atoms with Crippen LogP contribution in [0, 0.1) is 0 Å². The molecule has 1 aliphatic rings. The average molecular weight is 225 g/mol. The zero-order valence-electron chi connectivity index (χ0n) is 9.82. The number of nitrogens with two attached hydrogens (primary N) is 1. The number of hydrogen-bond acceptors (Lipinski definition) is 2. The van der Waals surface area contributed by atoms with Gasteiger partial charge in [-0.1, -0.05) is 0 Å². The molecule has 90 valence electrons. The van der Waals surface area contributed by atoms with Crippen molar-refractivity contribution in [1.29, 1.82) is 0 Å². The second kappa shape index (κ2) is 4.53. The highest BCUT2D eigenvalue weighted by Crippen LogP contribution is 2.34. The first-order valence-electron chi connectivity index (χ1n) is 6.07. The molecule has 0 aliphatic heterocycles. The van der Waals surface area contributed by atoms with E-state index in [4.69, 9.17) is 5.73 Å². The van der Waals surface area contributed by atoms with Crippen molar-refractivity contribution in [2.45, 2.75) is 57.3 Å². The van der Waals surface area contributed by atoms with Crippen molar-refractivity contribution in [3.05, 3.63) is 18.0 Å². The number of halogens is 1. The van der Waals surface area contributed by atoms with Crippen LogP contribution in [0.15, 0.2) is 12.4 Å². The number of nitrogens with zero attached hydrogens (tertiary/aromatic N) is 2. The van der Waals surface area contributed by atoms with Gasteiger partial charge in [-0.15, -0.1) is 0 Å². The summed E-state index contributed by atoms with van der Waals surface area (Å²) in [6, 6.07) is 0.0278. The molecule has 2 rings (SSSR count). The quantitative estimate of drug-likeness (QED) is 0.855. The fraction of sp³-hybridized carbons (Fsp3) is 0.750. The number of rotatable bonds is 3. The Morgan fingerprint density at radius 1 is 1.69 bits per heavy atom. The van der Waals surface area contributed by atoms with Crippen LogP contribution >= 0.6 is 0 Å². The van der Waals surface area contributed by atoms with E-state index in [1.807, 2.05) is 17.8 Å². The van der Waals surface area contributed by atoms with Crippen molar-refractivity contribution < 1.29 is 4.39 Å². The van der Waals surface area contributed by atoms with E-state index in [0.717, 1.165) is 24.9 Å². The molecule has 0 radical (unpaired) electrons. The zero-order valence-corrected chi connectivity index (χ0v) is 9.82. The normalized spacial score (nSPS) is 30.6. The number of alkyl halides is 1. The van der Waals surface area contributed by atoms with Gasteiger partial charge in [0.1, 0.15) is 5.67 Å². The highest BCUT2D eigenvalue weighted by molar-refractivity contribution is 5.09. The van der Waals surface area contributed by atoms with Crippen LogP contribution in [0.1, 0.15) is 38.2 Å². The molecular formula is C12H20FN3. The van der Waals surface area contributed by atoms with Crippen LogP contribution in [0.25, 0.3) is 0 Å². The Morgan fingerprint density at radius 3 is 3.12 bits per heavy atom. The van der Waals surface area contributed by atoms with Gasteiger partial charge in [-0.2, -0.15) is 5.10 Å². The monoisotopic (exact) mass is 225 g/mol. The Bertz CT molecular complexity index is 350. The van der Waals surface area contributed by atoms with E-state index >= 15 is 0 Å². The van der Waals surface area contributed by atoms with Gasteiger partial charge in [0, 0.05) is 25.2 Å². The minimum Gasteiger partial charge on any atom is -0.328 e. The van der Waals surface area contributed by atoms with Crippen LogP contribution in [-0.2, 0) is 13.0 Å². The number of hydrogen-bond donors (Lipinski definition) is 1. The number of aromatic nitrogens is 2. The molecule has 16 heavy (non-hydrogen) atoms. The van der Waals surface area contributed by atoms with Gasteiger partial charge in [-0.05, 0) is 38.2 Å². The molecular weight excluding hydrogens is 205 g/mol. The summed E-state index contributed by atoms with van der Waals surface area (Å²) in [6.45, 7) is 2.86. The smallest absolute Gasteiger partial charge is 0.116 e. The lowest BCUT2D eigenvalue weighted by molar-refractivity contribution is 0.0965. The molecule has 1 heterocycles. The molecule has 1 aromatic rings. The second-order valence-electron chi connectivity index (χ2n) is 4.89. The van der Waals surface area contributed by atoms with Crippen LogP contribution < -0.4 is 5.73 Å². The Balaban J connectivity index is 2.02. The van der Waals surface area contributed by atoms with Crippen molar-refractivity contribution in [2.24, 2.45) is 5.73 Å². The molecule has 0 saturated heterocycles. The summed E-state index contributed by atoms with van der Waals surface area (Å²) in [5.74, 6) is 0. The van der Waals surface area contributed by atoms with Crippen LogP contribution in [0.5, 0.6) is 0 Å². The average Bonchev–Trinajstić information content (AvgIpc) is 2.64.